The molecule has 0 spiro atoms. The molecule has 5 nitrogen and oxygen atoms in total. The van der Waals surface area contributed by atoms with Gasteiger partial charge in [0.2, 0.25) is 0 Å². The van der Waals surface area contributed by atoms with Gasteiger partial charge in [-0.3, -0.25) is 4.79 Å². The second-order valence-corrected chi connectivity index (χ2v) is 5.19. The van der Waals surface area contributed by atoms with E-state index in [1.54, 1.807) is 24.3 Å². The SMILES string of the molecule is Nc1ccc(C(=O)Nc2ccccc2N2CCOCC2)cc1. The smallest absolute Gasteiger partial charge is 0.255 e. The first-order chi connectivity index (χ1) is 10.7. The van der Waals surface area contributed by atoms with Crippen LogP contribution in [0.3, 0.4) is 0 Å². The fraction of sp³-hybridized carbons (Fsp3) is 0.235. The molecule has 0 unspecified atom stereocenters. The molecule has 1 aliphatic rings. The van der Waals surface area contributed by atoms with Crippen LogP contribution in [0.25, 0.3) is 0 Å². The molecule has 2 aromatic carbocycles. The molecule has 114 valence electrons. The molecule has 22 heavy (non-hydrogen) atoms. The third-order valence-electron chi connectivity index (χ3n) is 3.68. The Morgan fingerprint density at radius 3 is 2.45 bits per heavy atom. The molecular formula is C17H19N3O2. The Balaban J connectivity index is 1.79. The molecule has 0 bridgehead atoms. The predicted octanol–water partition coefficient (Wildman–Crippen LogP) is 2.36. The van der Waals surface area contributed by atoms with E-state index in [1.165, 1.54) is 0 Å². The number of nitrogens with zero attached hydrogens (tertiary/aromatic N) is 1. The number of amides is 1. The van der Waals surface area contributed by atoms with Gasteiger partial charge in [-0.2, -0.15) is 0 Å². The summed E-state index contributed by atoms with van der Waals surface area (Å²) in [7, 11) is 0. The number of hydrogen-bond donors (Lipinski definition) is 2. The number of rotatable bonds is 3. The Labute approximate surface area is 129 Å². The van der Waals surface area contributed by atoms with Crippen LogP contribution >= 0.6 is 0 Å². The molecule has 3 N–H and O–H groups in total. The highest BCUT2D eigenvalue weighted by Gasteiger charge is 2.16. The van der Waals surface area contributed by atoms with E-state index in [-0.39, 0.29) is 5.91 Å². The van der Waals surface area contributed by atoms with Crippen molar-refractivity contribution in [1.82, 2.24) is 0 Å². The van der Waals surface area contributed by atoms with Gasteiger partial charge in [-0.15, -0.1) is 0 Å². The van der Waals surface area contributed by atoms with Crippen LogP contribution in [0.4, 0.5) is 17.1 Å². The molecular weight excluding hydrogens is 278 g/mol. The second kappa shape index (κ2) is 6.49. The summed E-state index contributed by atoms with van der Waals surface area (Å²) in [5.41, 5.74) is 8.72. The Morgan fingerprint density at radius 1 is 1.05 bits per heavy atom. The van der Waals surface area contributed by atoms with E-state index in [0.29, 0.717) is 24.5 Å². The standard InChI is InChI=1S/C17H19N3O2/c18-14-7-5-13(6-8-14)17(21)19-15-3-1-2-4-16(15)20-9-11-22-12-10-20/h1-8H,9-12,18H2,(H,19,21). The van der Waals surface area contributed by atoms with Crippen LogP contribution < -0.4 is 16.0 Å². The van der Waals surface area contributed by atoms with Gasteiger partial charge in [0.15, 0.2) is 0 Å². The predicted molar refractivity (Wildman–Crippen MR) is 88.3 cm³/mol. The van der Waals surface area contributed by atoms with Crippen molar-refractivity contribution < 1.29 is 9.53 Å². The highest BCUT2D eigenvalue weighted by molar-refractivity contribution is 6.06. The molecule has 0 atom stereocenters. The third-order valence-corrected chi connectivity index (χ3v) is 3.68. The first-order valence-electron chi connectivity index (χ1n) is 7.32. The van der Waals surface area contributed by atoms with Crippen LogP contribution in [-0.4, -0.2) is 32.2 Å². The molecule has 0 aliphatic carbocycles. The van der Waals surface area contributed by atoms with E-state index >= 15 is 0 Å². The lowest BCUT2D eigenvalue weighted by Gasteiger charge is -2.30. The Morgan fingerprint density at radius 2 is 1.73 bits per heavy atom. The van der Waals surface area contributed by atoms with Gasteiger partial charge in [0.1, 0.15) is 0 Å². The fourth-order valence-corrected chi connectivity index (χ4v) is 2.49. The lowest BCUT2D eigenvalue weighted by molar-refractivity contribution is 0.102. The summed E-state index contributed by atoms with van der Waals surface area (Å²) < 4.78 is 5.38. The van der Waals surface area contributed by atoms with Crippen LogP contribution in [0.1, 0.15) is 10.4 Å². The zero-order valence-electron chi connectivity index (χ0n) is 12.3. The van der Waals surface area contributed by atoms with E-state index in [1.807, 2.05) is 24.3 Å². The van der Waals surface area contributed by atoms with Crippen LogP contribution in [0.2, 0.25) is 0 Å². The normalized spacial score (nSPS) is 14.6. The van der Waals surface area contributed by atoms with E-state index < -0.39 is 0 Å². The quantitative estimate of drug-likeness (QED) is 0.853. The minimum atomic E-state index is -0.138. The molecule has 1 saturated heterocycles. The van der Waals surface area contributed by atoms with Gasteiger partial charge in [-0.25, -0.2) is 0 Å². The van der Waals surface area contributed by atoms with Gasteiger partial charge in [0.05, 0.1) is 24.6 Å². The van der Waals surface area contributed by atoms with Gasteiger partial charge in [0.25, 0.3) is 5.91 Å². The van der Waals surface area contributed by atoms with Crippen LogP contribution in [-0.2, 0) is 4.74 Å². The summed E-state index contributed by atoms with van der Waals surface area (Å²) in [6.07, 6.45) is 0. The number of benzene rings is 2. The van der Waals surface area contributed by atoms with E-state index in [4.69, 9.17) is 10.5 Å². The molecule has 0 aromatic heterocycles. The van der Waals surface area contributed by atoms with Crippen molar-refractivity contribution in [1.29, 1.82) is 0 Å². The molecule has 5 heteroatoms. The first kappa shape index (κ1) is 14.4. The number of para-hydroxylation sites is 2. The number of anilines is 3. The van der Waals surface area contributed by atoms with E-state index in [9.17, 15) is 4.79 Å². The van der Waals surface area contributed by atoms with Crippen LogP contribution in [0, 0.1) is 0 Å². The van der Waals surface area contributed by atoms with Crippen molar-refractivity contribution in [2.24, 2.45) is 0 Å². The molecule has 2 aromatic rings. The zero-order valence-corrected chi connectivity index (χ0v) is 12.3. The molecule has 1 fully saturated rings. The average Bonchev–Trinajstić information content (AvgIpc) is 2.57. The minimum Gasteiger partial charge on any atom is -0.399 e. The van der Waals surface area contributed by atoms with Gasteiger partial charge >= 0.3 is 0 Å². The van der Waals surface area contributed by atoms with Gasteiger partial charge < -0.3 is 20.7 Å². The maximum Gasteiger partial charge on any atom is 0.255 e. The summed E-state index contributed by atoms with van der Waals surface area (Å²) in [6.45, 7) is 3.07. The Hall–Kier alpha value is -2.53. The van der Waals surface area contributed by atoms with Crippen LogP contribution in [0.5, 0.6) is 0 Å². The van der Waals surface area contributed by atoms with Gasteiger partial charge in [-0.05, 0) is 36.4 Å². The lowest BCUT2D eigenvalue weighted by Crippen LogP contribution is -2.36. The van der Waals surface area contributed by atoms with Crippen molar-refractivity contribution in [3.63, 3.8) is 0 Å². The highest BCUT2D eigenvalue weighted by Crippen LogP contribution is 2.26. The fourth-order valence-electron chi connectivity index (χ4n) is 2.49. The second-order valence-electron chi connectivity index (χ2n) is 5.19. The molecule has 0 radical (unpaired) electrons. The number of nitrogen functional groups attached to an aromatic ring is 1. The Bertz CT molecular complexity index is 649. The first-order valence-corrected chi connectivity index (χ1v) is 7.32. The molecule has 0 saturated carbocycles. The summed E-state index contributed by atoms with van der Waals surface area (Å²) in [4.78, 5) is 14.6. The number of nitrogens with two attached hydrogens (primary N) is 1. The summed E-state index contributed by atoms with van der Waals surface area (Å²) in [6, 6.07) is 14.7. The average molecular weight is 297 g/mol. The minimum absolute atomic E-state index is 0.138. The number of nitrogens with one attached hydrogen (secondary N) is 1. The summed E-state index contributed by atoms with van der Waals surface area (Å²) in [5.74, 6) is -0.138. The third kappa shape index (κ3) is 3.20. The van der Waals surface area contributed by atoms with Crippen molar-refractivity contribution in [3.8, 4) is 0 Å². The summed E-state index contributed by atoms with van der Waals surface area (Å²) in [5, 5.41) is 2.98. The summed E-state index contributed by atoms with van der Waals surface area (Å²) >= 11 is 0. The monoisotopic (exact) mass is 297 g/mol. The largest absolute Gasteiger partial charge is 0.399 e. The number of ether oxygens (including phenoxy) is 1. The van der Waals surface area contributed by atoms with Crippen molar-refractivity contribution in [3.05, 3.63) is 54.1 Å². The maximum atomic E-state index is 12.4. The van der Waals surface area contributed by atoms with Crippen LogP contribution in [0.15, 0.2) is 48.5 Å². The van der Waals surface area contributed by atoms with Crippen molar-refractivity contribution in [2.45, 2.75) is 0 Å². The molecule has 1 heterocycles. The topological polar surface area (TPSA) is 67.6 Å². The van der Waals surface area contributed by atoms with E-state index in [2.05, 4.69) is 10.2 Å². The highest BCUT2D eigenvalue weighted by atomic mass is 16.5. The lowest BCUT2D eigenvalue weighted by atomic mass is 10.1. The number of carbonyl (C=O) groups excluding carboxylic acids is 1. The van der Waals surface area contributed by atoms with E-state index in [0.717, 1.165) is 24.5 Å². The van der Waals surface area contributed by atoms with Gasteiger partial charge in [0, 0.05) is 24.3 Å². The molecule has 3 rings (SSSR count). The molecule has 1 aliphatic heterocycles. The molecule has 1 amide bonds. The number of morpholine rings is 1. The Kier molecular flexibility index (Phi) is 4.25. The number of hydrogen-bond acceptors (Lipinski definition) is 4. The van der Waals surface area contributed by atoms with Crippen molar-refractivity contribution in [2.75, 3.05) is 42.3 Å². The van der Waals surface area contributed by atoms with Gasteiger partial charge in [-0.1, -0.05) is 12.1 Å². The zero-order chi connectivity index (χ0) is 15.4. The number of carbonyl (C=O) groups is 1. The maximum absolute atomic E-state index is 12.4. The van der Waals surface area contributed by atoms with Crippen molar-refractivity contribution >= 4 is 23.0 Å².